The molecule has 0 saturated heterocycles. The minimum Gasteiger partial charge on any atom is -0.487 e. The van der Waals surface area contributed by atoms with Crippen molar-refractivity contribution in [2.45, 2.75) is 27.0 Å². The van der Waals surface area contributed by atoms with E-state index in [0.29, 0.717) is 13.2 Å². The number of pyridine rings is 2. The Morgan fingerprint density at radius 2 is 1.75 bits per heavy atom. The van der Waals surface area contributed by atoms with Crippen molar-refractivity contribution >= 4 is 23.4 Å². The zero-order chi connectivity index (χ0) is 18.8. The average molecular weight is 398 g/mol. The topological polar surface area (TPSA) is 39.9 Å². The molecule has 1 aromatic carbocycles. The van der Waals surface area contributed by atoms with Crippen LogP contribution in [0.15, 0.2) is 60.9 Å². The molecule has 0 bridgehead atoms. The van der Waals surface area contributed by atoms with Gasteiger partial charge in [0.2, 0.25) is 0 Å². The van der Waals surface area contributed by atoms with Crippen LogP contribution in [0.4, 0.5) is 4.39 Å². The van der Waals surface area contributed by atoms with E-state index in [2.05, 4.69) is 28.4 Å². The fraction of sp³-hybridized carbons (Fsp3) is 0.182. The second kappa shape index (κ2) is 8.40. The van der Waals surface area contributed by atoms with Crippen LogP contribution in [0.5, 0.6) is 5.75 Å². The van der Waals surface area contributed by atoms with E-state index >= 15 is 0 Å². The Hall–Kier alpha value is -2.92. The van der Waals surface area contributed by atoms with Gasteiger partial charge in [-0.05, 0) is 49.2 Å². The summed E-state index contributed by atoms with van der Waals surface area (Å²) in [7, 11) is 0. The molecule has 0 radical (unpaired) electrons. The van der Waals surface area contributed by atoms with Crippen LogP contribution in [0, 0.1) is 19.7 Å². The molecule has 4 nitrogen and oxygen atoms in total. The van der Waals surface area contributed by atoms with Gasteiger partial charge in [0, 0.05) is 24.2 Å². The van der Waals surface area contributed by atoms with Gasteiger partial charge in [-0.3, -0.25) is 9.97 Å². The highest BCUT2D eigenvalue weighted by Gasteiger charge is 2.17. The molecule has 0 aliphatic heterocycles. The predicted octanol–water partition coefficient (Wildman–Crippen LogP) is 5.24. The zero-order valence-corrected chi connectivity index (χ0v) is 16.5. The lowest BCUT2D eigenvalue weighted by atomic mass is 10.2. The summed E-state index contributed by atoms with van der Waals surface area (Å²) in [4.78, 5) is 9.01. The van der Waals surface area contributed by atoms with E-state index in [1.807, 2.05) is 24.3 Å². The molecular formula is C22H21ClFN3O. The summed E-state index contributed by atoms with van der Waals surface area (Å²) >= 11 is 0. The van der Waals surface area contributed by atoms with Gasteiger partial charge in [0.15, 0.2) is 0 Å². The number of fused-ring (bicyclic) bond motifs is 1. The number of benzene rings is 1. The molecule has 4 aromatic rings. The highest BCUT2D eigenvalue weighted by Crippen LogP contribution is 2.31. The van der Waals surface area contributed by atoms with Gasteiger partial charge in [-0.15, -0.1) is 12.4 Å². The third-order valence-corrected chi connectivity index (χ3v) is 4.81. The zero-order valence-electron chi connectivity index (χ0n) is 15.7. The lowest BCUT2D eigenvalue weighted by molar-refractivity contribution is 0.308. The molecule has 0 saturated carbocycles. The molecule has 28 heavy (non-hydrogen) atoms. The van der Waals surface area contributed by atoms with Gasteiger partial charge in [0.1, 0.15) is 23.7 Å². The van der Waals surface area contributed by atoms with E-state index in [0.717, 1.165) is 39.3 Å². The van der Waals surface area contributed by atoms with E-state index in [1.54, 1.807) is 24.5 Å². The highest BCUT2D eigenvalue weighted by molar-refractivity contribution is 5.86. The van der Waals surface area contributed by atoms with Gasteiger partial charge in [0.05, 0.1) is 17.8 Å². The first kappa shape index (κ1) is 19.8. The van der Waals surface area contributed by atoms with Crippen molar-refractivity contribution in [1.82, 2.24) is 14.5 Å². The molecular weight excluding hydrogens is 377 g/mol. The minimum absolute atomic E-state index is 0. The van der Waals surface area contributed by atoms with E-state index in [9.17, 15) is 4.39 Å². The Morgan fingerprint density at radius 1 is 0.964 bits per heavy atom. The van der Waals surface area contributed by atoms with E-state index in [4.69, 9.17) is 4.74 Å². The molecule has 4 rings (SSSR count). The van der Waals surface area contributed by atoms with Crippen LogP contribution in [0.3, 0.4) is 0 Å². The van der Waals surface area contributed by atoms with Gasteiger partial charge >= 0.3 is 0 Å². The van der Waals surface area contributed by atoms with Crippen molar-refractivity contribution in [3.63, 3.8) is 0 Å². The van der Waals surface area contributed by atoms with Crippen LogP contribution in [-0.2, 0) is 13.2 Å². The normalized spacial score (nSPS) is 10.7. The fourth-order valence-electron chi connectivity index (χ4n) is 3.22. The molecule has 0 fully saturated rings. The molecule has 0 unspecified atom stereocenters. The van der Waals surface area contributed by atoms with Crippen molar-refractivity contribution in [3.8, 4) is 5.75 Å². The van der Waals surface area contributed by atoms with Crippen molar-refractivity contribution in [2.75, 3.05) is 0 Å². The molecule has 0 amide bonds. The number of ether oxygens (including phenoxy) is 1. The van der Waals surface area contributed by atoms with E-state index in [-0.39, 0.29) is 18.2 Å². The molecule has 0 aliphatic carbocycles. The third-order valence-electron chi connectivity index (χ3n) is 4.81. The average Bonchev–Trinajstić information content (AvgIpc) is 2.94. The van der Waals surface area contributed by atoms with Crippen molar-refractivity contribution in [2.24, 2.45) is 0 Å². The number of nitrogens with zero attached hydrogens (tertiary/aromatic N) is 3. The van der Waals surface area contributed by atoms with Crippen molar-refractivity contribution in [3.05, 3.63) is 89.3 Å². The summed E-state index contributed by atoms with van der Waals surface area (Å²) in [5, 5.41) is 0. The summed E-state index contributed by atoms with van der Waals surface area (Å²) in [5.41, 5.74) is 6.05. The van der Waals surface area contributed by atoms with Crippen LogP contribution in [0.25, 0.3) is 11.0 Å². The van der Waals surface area contributed by atoms with Gasteiger partial charge < -0.3 is 9.30 Å². The Labute approximate surface area is 169 Å². The lowest BCUT2D eigenvalue weighted by Gasteiger charge is -2.12. The first-order chi connectivity index (χ1) is 13.1. The van der Waals surface area contributed by atoms with Crippen LogP contribution >= 0.6 is 12.4 Å². The standard InChI is InChI=1S/C22H20FN3O.ClH/c1-15-16(2)26(13-19-5-3-4-11-24-19)22-20(10-12-25-21(15)22)27-14-17-6-8-18(23)9-7-17;/h3-12H,13-14H2,1-2H3;1H. The second-order valence-electron chi connectivity index (χ2n) is 6.54. The number of rotatable bonds is 5. The highest BCUT2D eigenvalue weighted by atomic mass is 35.5. The molecule has 144 valence electrons. The summed E-state index contributed by atoms with van der Waals surface area (Å²) in [6.07, 6.45) is 3.56. The van der Waals surface area contributed by atoms with Crippen LogP contribution in [0.2, 0.25) is 0 Å². The maximum absolute atomic E-state index is 13.1. The van der Waals surface area contributed by atoms with Crippen LogP contribution in [0.1, 0.15) is 22.5 Å². The SMILES string of the molecule is Cc1c(C)n(Cc2ccccn2)c2c(OCc3ccc(F)cc3)ccnc12.Cl. The molecule has 0 N–H and O–H groups in total. The minimum atomic E-state index is -0.250. The molecule has 3 heterocycles. The van der Waals surface area contributed by atoms with Gasteiger partial charge in [-0.1, -0.05) is 18.2 Å². The van der Waals surface area contributed by atoms with Gasteiger partial charge in [0.25, 0.3) is 0 Å². The second-order valence-corrected chi connectivity index (χ2v) is 6.54. The third kappa shape index (κ3) is 3.85. The molecule has 0 spiro atoms. The number of aromatic nitrogens is 3. The number of halogens is 2. The fourth-order valence-corrected chi connectivity index (χ4v) is 3.22. The van der Waals surface area contributed by atoms with Gasteiger partial charge in [-0.25, -0.2) is 4.39 Å². The van der Waals surface area contributed by atoms with Crippen LogP contribution in [-0.4, -0.2) is 14.5 Å². The predicted molar refractivity (Wildman–Crippen MR) is 111 cm³/mol. The maximum atomic E-state index is 13.1. The molecule has 3 aromatic heterocycles. The maximum Gasteiger partial charge on any atom is 0.147 e. The number of hydrogen-bond acceptors (Lipinski definition) is 3. The summed E-state index contributed by atoms with van der Waals surface area (Å²) in [6, 6.07) is 14.1. The molecule has 0 aliphatic rings. The largest absolute Gasteiger partial charge is 0.487 e. The Morgan fingerprint density at radius 3 is 2.46 bits per heavy atom. The first-order valence-electron chi connectivity index (χ1n) is 8.85. The number of hydrogen-bond donors (Lipinski definition) is 0. The van der Waals surface area contributed by atoms with Crippen LogP contribution < -0.4 is 4.74 Å². The Bertz CT molecular complexity index is 1080. The smallest absolute Gasteiger partial charge is 0.147 e. The van der Waals surface area contributed by atoms with Gasteiger partial charge in [-0.2, -0.15) is 0 Å². The molecule has 0 atom stereocenters. The lowest BCUT2D eigenvalue weighted by Crippen LogP contribution is -2.05. The quantitative estimate of drug-likeness (QED) is 0.462. The summed E-state index contributed by atoms with van der Waals surface area (Å²) in [5.74, 6) is 0.511. The number of aryl methyl sites for hydroxylation is 1. The monoisotopic (exact) mass is 397 g/mol. The van der Waals surface area contributed by atoms with E-state index in [1.165, 1.54) is 12.1 Å². The summed E-state index contributed by atoms with van der Waals surface area (Å²) in [6.45, 7) is 5.18. The van der Waals surface area contributed by atoms with Crippen molar-refractivity contribution < 1.29 is 9.13 Å². The molecule has 6 heteroatoms. The first-order valence-corrected chi connectivity index (χ1v) is 8.85. The van der Waals surface area contributed by atoms with Crippen molar-refractivity contribution in [1.29, 1.82) is 0 Å². The Balaban J connectivity index is 0.00000225. The summed E-state index contributed by atoms with van der Waals surface area (Å²) < 4.78 is 21.4. The Kier molecular flexibility index (Phi) is 5.95. The van der Waals surface area contributed by atoms with E-state index < -0.39 is 0 Å².